The van der Waals surface area contributed by atoms with E-state index in [-0.39, 0.29) is 43.7 Å². The van der Waals surface area contributed by atoms with Crippen molar-refractivity contribution in [3.63, 3.8) is 0 Å². The standard InChI is InChI=1S/C19H19N3O3/c1-13-11-15(12-21-18(13)14-5-3-2-4-6-14)19(25)20-9-10-22-16(23)7-8-17(22)24/h2-6,11-12H,7-10H2,1H3,(H,20,25). The third-order valence-corrected chi connectivity index (χ3v) is 4.16. The van der Waals surface area contributed by atoms with Crippen LogP contribution in [-0.4, -0.2) is 40.7 Å². The lowest BCUT2D eigenvalue weighted by Gasteiger charge is -2.14. The molecule has 2 aromatic rings. The number of carbonyl (C=O) groups excluding carboxylic acids is 3. The molecule has 0 atom stereocenters. The number of nitrogens with zero attached hydrogens (tertiary/aromatic N) is 2. The number of benzene rings is 1. The van der Waals surface area contributed by atoms with Crippen LogP contribution in [0.25, 0.3) is 11.3 Å². The zero-order valence-electron chi connectivity index (χ0n) is 14.0. The van der Waals surface area contributed by atoms with Crippen LogP contribution in [-0.2, 0) is 9.59 Å². The fraction of sp³-hybridized carbons (Fsp3) is 0.263. The van der Waals surface area contributed by atoms with Crippen LogP contribution in [0, 0.1) is 6.92 Å². The predicted octanol–water partition coefficient (Wildman–Crippen LogP) is 1.94. The van der Waals surface area contributed by atoms with Gasteiger partial charge < -0.3 is 5.32 Å². The highest BCUT2D eigenvalue weighted by molar-refractivity contribution is 6.02. The van der Waals surface area contributed by atoms with E-state index in [9.17, 15) is 14.4 Å². The zero-order valence-corrected chi connectivity index (χ0v) is 14.0. The van der Waals surface area contributed by atoms with Gasteiger partial charge in [0.25, 0.3) is 5.91 Å². The predicted molar refractivity (Wildman–Crippen MR) is 92.7 cm³/mol. The molecule has 1 aliphatic heterocycles. The Bertz CT molecular complexity index is 802. The van der Waals surface area contributed by atoms with Crippen LogP contribution in [0.3, 0.4) is 0 Å². The summed E-state index contributed by atoms with van der Waals surface area (Å²) in [6, 6.07) is 11.6. The smallest absolute Gasteiger partial charge is 0.252 e. The van der Waals surface area contributed by atoms with Gasteiger partial charge in [0.1, 0.15) is 0 Å². The summed E-state index contributed by atoms with van der Waals surface area (Å²) in [7, 11) is 0. The van der Waals surface area contributed by atoms with Crippen LogP contribution in [0.5, 0.6) is 0 Å². The Balaban J connectivity index is 1.62. The second kappa shape index (κ2) is 7.25. The molecule has 0 radical (unpaired) electrons. The van der Waals surface area contributed by atoms with Crippen molar-refractivity contribution in [2.24, 2.45) is 0 Å². The maximum absolute atomic E-state index is 12.2. The monoisotopic (exact) mass is 337 g/mol. The van der Waals surface area contributed by atoms with Gasteiger partial charge in [0.2, 0.25) is 11.8 Å². The molecule has 0 aliphatic carbocycles. The van der Waals surface area contributed by atoms with E-state index in [2.05, 4.69) is 10.3 Å². The van der Waals surface area contributed by atoms with Gasteiger partial charge in [-0.15, -0.1) is 0 Å². The van der Waals surface area contributed by atoms with E-state index in [1.807, 2.05) is 37.3 Å². The van der Waals surface area contributed by atoms with Crippen LogP contribution in [0.15, 0.2) is 42.6 Å². The highest BCUT2D eigenvalue weighted by atomic mass is 16.2. The molecule has 128 valence electrons. The molecule has 0 unspecified atom stereocenters. The summed E-state index contributed by atoms with van der Waals surface area (Å²) < 4.78 is 0. The van der Waals surface area contributed by atoms with E-state index in [1.165, 1.54) is 11.1 Å². The summed E-state index contributed by atoms with van der Waals surface area (Å²) in [6.07, 6.45) is 2.06. The molecule has 6 heteroatoms. The number of hydrogen-bond donors (Lipinski definition) is 1. The fourth-order valence-electron chi connectivity index (χ4n) is 2.85. The quantitative estimate of drug-likeness (QED) is 0.846. The second-order valence-electron chi connectivity index (χ2n) is 5.95. The highest BCUT2D eigenvalue weighted by Crippen LogP contribution is 2.21. The largest absolute Gasteiger partial charge is 0.350 e. The van der Waals surface area contributed by atoms with Gasteiger partial charge in [0.05, 0.1) is 11.3 Å². The van der Waals surface area contributed by atoms with Crippen molar-refractivity contribution >= 4 is 17.7 Å². The Kier molecular flexibility index (Phi) is 4.88. The average molecular weight is 337 g/mol. The molecule has 0 bridgehead atoms. The maximum Gasteiger partial charge on any atom is 0.252 e. The molecule has 6 nitrogen and oxygen atoms in total. The average Bonchev–Trinajstić information content (AvgIpc) is 2.94. The van der Waals surface area contributed by atoms with Gasteiger partial charge in [-0.3, -0.25) is 24.3 Å². The summed E-state index contributed by atoms with van der Waals surface area (Å²) in [4.78, 5) is 40.9. The van der Waals surface area contributed by atoms with Crippen molar-refractivity contribution in [3.05, 3.63) is 53.7 Å². The van der Waals surface area contributed by atoms with Gasteiger partial charge in [-0.1, -0.05) is 30.3 Å². The van der Waals surface area contributed by atoms with Crippen molar-refractivity contribution in [1.82, 2.24) is 15.2 Å². The van der Waals surface area contributed by atoms with E-state index in [0.717, 1.165) is 16.8 Å². The van der Waals surface area contributed by atoms with E-state index in [4.69, 9.17) is 0 Å². The Morgan fingerprint density at radius 1 is 1.16 bits per heavy atom. The first-order valence-electron chi connectivity index (χ1n) is 8.19. The van der Waals surface area contributed by atoms with Gasteiger partial charge >= 0.3 is 0 Å². The summed E-state index contributed by atoms with van der Waals surface area (Å²) in [6.45, 7) is 2.35. The number of aromatic nitrogens is 1. The van der Waals surface area contributed by atoms with E-state index in [0.29, 0.717) is 5.56 Å². The lowest BCUT2D eigenvalue weighted by atomic mass is 10.1. The first kappa shape index (κ1) is 16.8. The molecule has 1 N–H and O–H groups in total. The van der Waals surface area contributed by atoms with E-state index in [1.54, 1.807) is 6.07 Å². The molecule has 1 saturated heterocycles. The molecule has 1 aromatic heterocycles. The van der Waals surface area contributed by atoms with E-state index >= 15 is 0 Å². The molecule has 1 aliphatic rings. The number of amides is 3. The third kappa shape index (κ3) is 3.74. The van der Waals surface area contributed by atoms with Crippen LogP contribution < -0.4 is 5.32 Å². The number of nitrogens with one attached hydrogen (secondary N) is 1. The number of aryl methyl sites for hydroxylation is 1. The normalized spacial score (nSPS) is 14.0. The van der Waals surface area contributed by atoms with Crippen molar-refractivity contribution < 1.29 is 14.4 Å². The fourth-order valence-corrected chi connectivity index (χ4v) is 2.85. The summed E-state index contributed by atoms with van der Waals surface area (Å²) in [5, 5.41) is 2.73. The molecule has 25 heavy (non-hydrogen) atoms. The van der Waals surface area contributed by atoms with Gasteiger partial charge in [-0.05, 0) is 18.6 Å². The molecule has 1 fully saturated rings. The first-order valence-corrected chi connectivity index (χ1v) is 8.19. The molecule has 0 spiro atoms. The van der Waals surface area contributed by atoms with Gasteiger partial charge in [-0.25, -0.2) is 0 Å². The van der Waals surface area contributed by atoms with Crippen LogP contribution in [0.1, 0.15) is 28.8 Å². The SMILES string of the molecule is Cc1cc(C(=O)NCCN2C(=O)CCC2=O)cnc1-c1ccccc1. The maximum atomic E-state index is 12.2. The lowest BCUT2D eigenvalue weighted by Crippen LogP contribution is -2.37. The van der Waals surface area contributed by atoms with Crippen molar-refractivity contribution in [2.75, 3.05) is 13.1 Å². The minimum Gasteiger partial charge on any atom is -0.350 e. The van der Waals surface area contributed by atoms with Crippen molar-refractivity contribution in [3.8, 4) is 11.3 Å². The lowest BCUT2D eigenvalue weighted by molar-refractivity contribution is -0.138. The number of rotatable bonds is 5. The minimum absolute atomic E-state index is 0.177. The van der Waals surface area contributed by atoms with Gasteiger partial charge in [-0.2, -0.15) is 0 Å². The molecule has 2 heterocycles. The van der Waals surface area contributed by atoms with Crippen molar-refractivity contribution in [2.45, 2.75) is 19.8 Å². The minimum atomic E-state index is -0.269. The Morgan fingerprint density at radius 3 is 2.48 bits per heavy atom. The van der Waals surface area contributed by atoms with Crippen molar-refractivity contribution in [1.29, 1.82) is 0 Å². The second-order valence-corrected chi connectivity index (χ2v) is 5.95. The summed E-state index contributed by atoms with van der Waals surface area (Å²) >= 11 is 0. The summed E-state index contributed by atoms with van der Waals surface area (Å²) in [5.41, 5.74) is 3.20. The number of imide groups is 1. The molecule has 3 rings (SSSR count). The molecule has 0 saturated carbocycles. The Hall–Kier alpha value is -3.02. The number of carbonyl (C=O) groups is 3. The van der Waals surface area contributed by atoms with Gasteiger partial charge in [0, 0.05) is 37.7 Å². The first-order chi connectivity index (χ1) is 12.1. The number of pyridine rings is 1. The topological polar surface area (TPSA) is 79.4 Å². The van der Waals surface area contributed by atoms with Crippen LogP contribution in [0.2, 0.25) is 0 Å². The van der Waals surface area contributed by atoms with E-state index < -0.39 is 0 Å². The molecule has 3 amide bonds. The van der Waals surface area contributed by atoms with Crippen LogP contribution >= 0.6 is 0 Å². The molecular formula is C19H19N3O3. The molecule has 1 aromatic carbocycles. The summed E-state index contributed by atoms with van der Waals surface area (Å²) in [5.74, 6) is -0.623. The zero-order chi connectivity index (χ0) is 17.8. The third-order valence-electron chi connectivity index (χ3n) is 4.16. The Labute approximate surface area is 145 Å². The highest BCUT2D eigenvalue weighted by Gasteiger charge is 2.28. The number of hydrogen-bond acceptors (Lipinski definition) is 4. The van der Waals surface area contributed by atoms with Gasteiger partial charge in [0.15, 0.2) is 0 Å². The van der Waals surface area contributed by atoms with Crippen LogP contribution in [0.4, 0.5) is 0 Å². The Morgan fingerprint density at radius 2 is 1.84 bits per heavy atom. The molecular weight excluding hydrogens is 318 g/mol. The number of likely N-dealkylation sites (tertiary alicyclic amines) is 1.